The van der Waals surface area contributed by atoms with Gasteiger partial charge < -0.3 is 20.1 Å². The molecule has 1 aliphatic rings. The predicted molar refractivity (Wildman–Crippen MR) is 101 cm³/mol. The fourth-order valence-electron chi connectivity index (χ4n) is 2.88. The number of alkyl halides is 3. The van der Waals surface area contributed by atoms with E-state index in [1.165, 1.54) is 0 Å². The molecule has 0 bridgehead atoms. The number of nitrogens with zero attached hydrogens (tertiary/aromatic N) is 5. The molecule has 2 aromatic rings. The van der Waals surface area contributed by atoms with Gasteiger partial charge in [0.2, 0.25) is 5.88 Å². The van der Waals surface area contributed by atoms with Crippen LogP contribution in [0.2, 0.25) is 0 Å². The number of hydrazine groups is 1. The first-order chi connectivity index (χ1) is 15.6. The van der Waals surface area contributed by atoms with Gasteiger partial charge in [-0.05, 0) is 13.0 Å². The van der Waals surface area contributed by atoms with Crippen molar-refractivity contribution in [3.63, 3.8) is 0 Å². The van der Waals surface area contributed by atoms with Crippen molar-refractivity contribution >= 4 is 23.4 Å². The third-order valence-corrected chi connectivity index (χ3v) is 4.36. The van der Waals surface area contributed by atoms with E-state index in [9.17, 15) is 32.3 Å². The molecule has 12 nitrogen and oxygen atoms in total. The van der Waals surface area contributed by atoms with Gasteiger partial charge in [0.15, 0.2) is 23.9 Å². The van der Waals surface area contributed by atoms with Crippen LogP contribution in [-0.2, 0) is 0 Å². The highest BCUT2D eigenvalue weighted by Gasteiger charge is 2.39. The standard InChI is InChI=1S/C17H16F4N8O4/c1-2-28-12(6-30)27-29(16(28)32)13-9(18)3-8(15(25-13)33-7-17(19,20)21)14(31)24-11-5-23-26-10(11)4-22/h3,5,12,27,30H,2,6-7H2,1H3,(H,23,26)(H,24,31). The van der Waals surface area contributed by atoms with E-state index >= 15 is 0 Å². The lowest BCUT2D eigenvalue weighted by molar-refractivity contribution is -0.154. The molecule has 1 unspecified atom stereocenters. The number of hydrogen-bond acceptors (Lipinski definition) is 8. The van der Waals surface area contributed by atoms with Gasteiger partial charge in [0.25, 0.3) is 5.91 Å². The number of pyridine rings is 1. The summed E-state index contributed by atoms with van der Waals surface area (Å²) in [6.07, 6.45) is -4.69. The lowest BCUT2D eigenvalue weighted by atomic mass is 10.2. The fraction of sp³-hybridized carbons (Fsp3) is 0.353. The van der Waals surface area contributed by atoms with Crippen molar-refractivity contribution in [2.45, 2.75) is 19.3 Å². The zero-order valence-corrected chi connectivity index (χ0v) is 16.8. The maximum Gasteiger partial charge on any atom is 0.422 e. The van der Waals surface area contributed by atoms with E-state index in [0.717, 1.165) is 11.1 Å². The van der Waals surface area contributed by atoms with Crippen LogP contribution in [0.25, 0.3) is 0 Å². The number of aromatic nitrogens is 3. The van der Waals surface area contributed by atoms with Gasteiger partial charge in [0.05, 0.1) is 18.5 Å². The summed E-state index contributed by atoms with van der Waals surface area (Å²) in [7, 11) is 0. The van der Waals surface area contributed by atoms with E-state index in [0.29, 0.717) is 11.1 Å². The Morgan fingerprint density at radius 2 is 2.18 bits per heavy atom. The van der Waals surface area contributed by atoms with Crippen molar-refractivity contribution in [2.75, 3.05) is 30.1 Å². The van der Waals surface area contributed by atoms with Crippen LogP contribution >= 0.6 is 0 Å². The van der Waals surface area contributed by atoms with Gasteiger partial charge in [-0.25, -0.2) is 14.2 Å². The number of carbonyl (C=O) groups excluding carboxylic acids is 2. The molecule has 3 amide bonds. The molecule has 2 aromatic heterocycles. The Balaban J connectivity index is 2.00. The van der Waals surface area contributed by atoms with Crippen molar-refractivity contribution in [1.82, 2.24) is 25.5 Å². The number of anilines is 2. The summed E-state index contributed by atoms with van der Waals surface area (Å²) < 4.78 is 57.7. The Labute approximate surface area is 182 Å². The number of aliphatic hydroxyl groups excluding tert-OH is 1. The van der Waals surface area contributed by atoms with Crippen molar-refractivity contribution in [2.24, 2.45) is 0 Å². The Morgan fingerprint density at radius 1 is 1.45 bits per heavy atom. The Kier molecular flexibility index (Phi) is 6.65. The number of aromatic amines is 1. The topological polar surface area (TPSA) is 159 Å². The maximum atomic E-state index is 14.9. The molecule has 1 fully saturated rings. The number of nitriles is 1. The molecular weight excluding hydrogens is 456 g/mol. The second-order valence-electron chi connectivity index (χ2n) is 6.51. The number of likely N-dealkylation sites (N-methyl/N-ethyl adjacent to an activating group) is 1. The molecule has 0 aromatic carbocycles. The van der Waals surface area contributed by atoms with Crippen molar-refractivity contribution in [1.29, 1.82) is 5.26 Å². The first-order valence-electron chi connectivity index (χ1n) is 9.22. The molecule has 1 saturated heterocycles. The summed E-state index contributed by atoms with van der Waals surface area (Å²) in [5.74, 6) is -4.09. The van der Waals surface area contributed by atoms with E-state index < -0.39 is 60.6 Å². The quantitative estimate of drug-likeness (QED) is 0.436. The second-order valence-corrected chi connectivity index (χ2v) is 6.51. The zero-order valence-electron chi connectivity index (χ0n) is 16.8. The van der Waals surface area contributed by atoms with Crippen LogP contribution in [0.5, 0.6) is 5.88 Å². The molecule has 33 heavy (non-hydrogen) atoms. The number of hydrogen-bond donors (Lipinski definition) is 4. The number of amides is 3. The Morgan fingerprint density at radius 3 is 2.76 bits per heavy atom. The molecule has 16 heteroatoms. The third kappa shape index (κ3) is 4.94. The average molecular weight is 472 g/mol. The van der Waals surface area contributed by atoms with Crippen LogP contribution in [0.3, 0.4) is 0 Å². The normalized spacial score (nSPS) is 16.2. The lowest BCUT2D eigenvalue weighted by Gasteiger charge is -2.18. The number of carbonyl (C=O) groups is 2. The molecule has 0 saturated carbocycles. The number of H-pyrrole nitrogens is 1. The van der Waals surface area contributed by atoms with Crippen LogP contribution < -0.4 is 20.5 Å². The highest BCUT2D eigenvalue weighted by Crippen LogP contribution is 2.29. The molecule has 0 aliphatic carbocycles. The predicted octanol–water partition coefficient (Wildman–Crippen LogP) is 1.09. The zero-order chi connectivity index (χ0) is 24.3. The summed E-state index contributed by atoms with van der Waals surface area (Å²) in [5.41, 5.74) is 1.47. The maximum absolute atomic E-state index is 14.9. The van der Waals surface area contributed by atoms with Gasteiger partial charge in [-0.15, -0.1) is 0 Å². The number of aliphatic hydroxyl groups is 1. The summed E-state index contributed by atoms with van der Waals surface area (Å²) in [6.45, 7) is -0.686. The summed E-state index contributed by atoms with van der Waals surface area (Å²) in [4.78, 5) is 29.9. The van der Waals surface area contributed by atoms with Gasteiger partial charge in [-0.2, -0.15) is 33.9 Å². The van der Waals surface area contributed by atoms with E-state index in [4.69, 9.17) is 5.26 Å². The minimum absolute atomic E-state index is 0.116. The van der Waals surface area contributed by atoms with Crippen LogP contribution in [-0.4, -0.2) is 69.2 Å². The molecule has 4 N–H and O–H groups in total. The van der Waals surface area contributed by atoms with Gasteiger partial charge in [-0.1, -0.05) is 0 Å². The molecular formula is C17H16F4N8O4. The first kappa shape index (κ1) is 23.7. The minimum atomic E-state index is -4.81. The summed E-state index contributed by atoms with van der Waals surface area (Å²) in [6, 6.07) is 1.39. The minimum Gasteiger partial charge on any atom is -0.467 e. The largest absolute Gasteiger partial charge is 0.467 e. The molecule has 1 aliphatic heterocycles. The molecule has 0 spiro atoms. The van der Waals surface area contributed by atoms with Crippen LogP contribution in [0.4, 0.5) is 33.9 Å². The fourth-order valence-corrected chi connectivity index (χ4v) is 2.88. The number of nitrogens with one attached hydrogen (secondary N) is 3. The van der Waals surface area contributed by atoms with Crippen LogP contribution in [0.15, 0.2) is 12.3 Å². The van der Waals surface area contributed by atoms with Crippen molar-refractivity contribution < 1.29 is 37.0 Å². The van der Waals surface area contributed by atoms with Gasteiger partial charge >= 0.3 is 12.2 Å². The van der Waals surface area contributed by atoms with Gasteiger partial charge in [-0.3, -0.25) is 9.89 Å². The Bertz CT molecular complexity index is 1100. The number of urea groups is 1. The van der Waals surface area contributed by atoms with Gasteiger partial charge in [0.1, 0.15) is 17.8 Å². The van der Waals surface area contributed by atoms with E-state index in [1.807, 2.05) is 0 Å². The van der Waals surface area contributed by atoms with E-state index in [-0.39, 0.29) is 17.9 Å². The van der Waals surface area contributed by atoms with Crippen LogP contribution in [0.1, 0.15) is 23.0 Å². The molecule has 0 radical (unpaired) electrons. The first-order valence-corrected chi connectivity index (χ1v) is 9.22. The van der Waals surface area contributed by atoms with E-state index in [1.54, 1.807) is 13.0 Å². The summed E-state index contributed by atoms with van der Waals surface area (Å²) in [5, 5.41) is 27.0. The Hall–Kier alpha value is -3.97. The highest BCUT2D eigenvalue weighted by atomic mass is 19.4. The molecule has 3 rings (SSSR count). The highest BCUT2D eigenvalue weighted by molar-refractivity contribution is 6.06. The second kappa shape index (κ2) is 9.26. The molecule has 3 heterocycles. The number of halogens is 4. The summed E-state index contributed by atoms with van der Waals surface area (Å²) >= 11 is 0. The molecule has 176 valence electrons. The SMILES string of the molecule is CCN1C(=O)N(c2nc(OCC(F)(F)F)c(C(=O)Nc3cn[nH]c3C#N)cc2F)NC1CO. The number of ether oxygens (including phenoxy) is 1. The van der Waals surface area contributed by atoms with Crippen molar-refractivity contribution in [3.05, 3.63) is 29.3 Å². The lowest BCUT2D eigenvalue weighted by Crippen LogP contribution is -2.41. The monoisotopic (exact) mass is 472 g/mol. The smallest absolute Gasteiger partial charge is 0.422 e. The average Bonchev–Trinajstić information content (AvgIpc) is 3.34. The van der Waals surface area contributed by atoms with Crippen LogP contribution in [0, 0.1) is 17.1 Å². The third-order valence-electron chi connectivity index (χ3n) is 4.36. The molecule has 1 atom stereocenters. The number of rotatable bonds is 7. The van der Waals surface area contributed by atoms with Gasteiger partial charge in [0, 0.05) is 6.54 Å². The van der Waals surface area contributed by atoms with E-state index in [2.05, 4.69) is 30.7 Å². The van der Waals surface area contributed by atoms with Crippen molar-refractivity contribution in [3.8, 4) is 11.9 Å².